The maximum atomic E-state index is 12.5. The summed E-state index contributed by atoms with van der Waals surface area (Å²) in [7, 11) is -3.43. The highest BCUT2D eigenvalue weighted by Gasteiger charge is 2.31. The van der Waals surface area contributed by atoms with E-state index in [0.29, 0.717) is 23.0 Å². The maximum absolute atomic E-state index is 12.5. The first-order valence-electron chi connectivity index (χ1n) is 6.42. The van der Waals surface area contributed by atoms with Crippen LogP contribution in [-0.4, -0.2) is 31.9 Å². The molecule has 106 valence electrons. The van der Waals surface area contributed by atoms with Crippen molar-refractivity contribution in [3.05, 3.63) is 29.3 Å². The SMILES string of the molecule is C[C@@H](N)[C@H]1CCCN(S(=O)(=O)c2ccc(Cl)cc2)C1. The average Bonchev–Trinajstić information content (AvgIpc) is 2.39. The Morgan fingerprint density at radius 3 is 2.58 bits per heavy atom. The third kappa shape index (κ3) is 3.28. The van der Waals surface area contributed by atoms with Crippen LogP contribution in [0.4, 0.5) is 0 Å². The number of nitrogens with zero attached hydrogens (tertiary/aromatic N) is 1. The van der Waals surface area contributed by atoms with Gasteiger partial charge in [0.05, 0.1) is 4.90 Å². The van der Waals surface area contributed by atoms with Crippen LogP contribution in [0.15, 0.2) is 29.2 Å². The number of nitrogens with two attached hydrogens (primary N) is 1. The second-order valence-electron chi connectivity index (χ2n) is 5.08. The molecule has 6 heteroatoms. The lowest BCUT2D eigenvalue weighted by Gasteiger charge is -2.33. The van der Waals surface area contributed by atoms with Crippen LogP contribution in [0.1, 0.15) is 19.8 Å². The second-order valence-corrected chi connectivity index (χ2v) is 7.45. The molecule has 1 aliphatic rings. The van der Waals surface area contributed by atoms with Gasteiger partial charge in [-0.15, -0.1) is 0 Å². The molecule has 0 radical (unpaired) electrons. The molecule has 0 aliphatic carbocycles. The van der Waals surface area contributed by atoms with Crippen molar-refractivity contribution in [3.8, 4) is 0 Å². The monoisotopic (exact) mass is 302 g/mol. The van der Waals surface area contributed by atoms with E-state index in [0.717, 1.165) is 12.8 Å². The van der Waals surface area contributed by atoms with Crippen LogP contribution in [0.25, 0.3) is 0 Å². The molecule has 2 rings (SSSR count). The molecule has 19 heavy (non-hydrogen) atoms. The molecule has 2 atom stereocenters. The minimum atomic E-state index is -3.43. The predicted octanol–water partition coefficient (Wildman–Crippen LogP) is 2.09. The predicted molar refractivity (Wildman–Crippen MR) is 76.6 cm³/mol. The number of rotatable bonds is 3. The summed E-state index contributed by atoms with van der Waals surface area (Å²) in [5.41, 5.74) is 5.89. The molecule has 0 spiro atoms. The molecule has 1 aliphatic heterocycles. The summed E-state index contributed by atoms with van der Waals surface area (Å²) in [4.78, 5) is 0.294. The Balaban J connectivity index is 2.22. The highest BCUT2D eigenvalue weighted by molar-refractivity contribution is 7.89. The summed E-state index contributed by atoms with van der Waals surface area (Å²) >= 11 is 5.79. The van der Waals surface area contributed by atoms with E-state index >= 15 is 0 Å². The van der Waals surface area contributed by atoms with Crippen molar-refractivity contribution < 1.29 is 8.42 Å². The molecule has 0 amide bonds. The zero-order chi connectivity index (χ0) is 14.0. The van der Waals surface area contributed by atoms with E-state index < -0.39 is 10.0 Å². The standard InChI is InChI=1S/C13H19ClN2O2S/c1-10(15)11-3-2-8-16(9-11)19(17,18)13-6-4-12(14)5-7-13/h4-7,10-11H,2-3,8-9,15H2,1H3/t10-,11+/m1/s1. The van der Waals surface area contributed by atoms with E-state index in [9.17, 15) is 8.42 Å². The Hall–Kier alpha value is -0.620. The van der Waals surface area contributed by atoms with E-state index in [1.807, 2.05) is 6.92 Å². The van der Waals surface area contributed by atoms with Gasteiger partial charge in [-0.2, -0.15) is 4.31 Å². The van der Waals surface area contributed by atoms with E-state index in [4.69, 9.17) is 17.3 Å². The Labute approximate surface area is 119 Å². The number of halogens is 1. The largest absolute Gasteiger partial charge is 0.328 e. The zero-order valence-corrected chi connectivity index (χ0v) is 12.5. The second kappa shape index (κ2) is 5.79. The minimum Gasteiger partial charge on any atom is -0.328 e. The first-order chi connectivity index (χ1) is 8.91. The normalized spacial score (nSPS) is 23.2. The van der Waals surface area contributed by atoms with Crippen LogP contribution in [0.2, 0.25) is 5.02 Å². The quantitative estimate of drug-likeness (QED) is 0.930. The van der Waals surface area contributed by atoms with Gasteiger partial charge in [0.2, 0.25) is 10.0 Å². The first-order valence-corrected chi connectivity index (χ1v) is 8.24. The van der Waals surface area contributed by atoms with Gasteiger partial charge in [0.15, 0.2) is 0 Å². The first kappa shape index (κ1) is 14.8. The average molecular weight is 303 g/mol. The van der Waals surface area contributed by atoms with Crippen molar-refractivity contribution in [2.24, 2.45) is 11.7 Å². The lowest BCUT2D eigenvalue weighted by atomic mass is 9.93. The van der Waals surface area contributed by atoms with Crippen molar-refractivity contribution in [3.63, 3.8) is 0 Å². The molecule has 1 heterocycles. The minimum absolute atomic E-state index is 0.0169. The Morgan fingerprint density at radius 2 is 2.00 bits per heavy atom. The van der Waals surface area contributed by atoms with E-state index in [1.54, 1.807) is 24.3 Å². The van der Waals surface area contributed by atoms with Crippen LogP contribution in [0.5, 0.6) is 0 Å². The molecule has 0 unspecified atom stereocenters. The summed E-state index contributed by atoms with van der Waals surface area (Å²) in [6.45, 7) is 3.00. The maximum Gasteiger partial charge on any atom is 0.243 e. The molecule has 4 nitrogen and oxygen atoms in total. The lowest BCUT2D eigenvalue weighted by Crippen LogP contribution is -2.44. The topological polar surface area (TPSA) is 63.4 Å². The molecule has 1 saturated heterocycles. The molecule has 0 saturated carbocycles. The summed E-state index contributed by atoms with van der Waals surface area (Å²) in [5, 5.41) is 0.533. The Kier molecular flexibility index (Phi) is 4.50. The Bertz CT molecular complexity index is 528. The van der Waals surface area contributed by atoms with Gasteiger partial charge in [-0.25, -0.2) is 8.42 Å². The highest BCUT2D eigenvalue weighted by Crippen LogP contribution is 2.25. The van der Waals surface area contributed by atoms with Gasteiger partial charge >= 0.3 is 0 Å². The molecule has 1 fully saturated rings. The van der Waals surface area contributed by atoms with Gasteiger partial charge in [-0.1, -0.05) is 11.6 Å². The molecule has 1 aromatic carbocycles. The van der Waals surface area contributed by atoms with Gasteiger partial charge in [0.1, 0.15) is 0 Å². The summed E-state index contributed by atoms with van der Waals surface area (Å²) < 4.78 is 26.6. The molecule has 0 aromatic heterocycles. The van der Waals surface area contributed by atoms with Crippen LogP contribution in [0.3, 0.4) is 0 Å². The molecule has 2 N–H and O–H groups in total. The number of piperidine rings is 1. The van der Waals surface area contributed by atoms with Gasteiger partial charge in [0.25, 0.3) is 0 Å². The molecular weight excluding hydrogens is 284 g/mol. The number of sulfonamides is 1. The smallest absolute Gasteiger partial charge is 0.243 e. The number of hydrogen-bond acceptors (Lipinski definition) is 3. The zero-order valence-electron chi connectivity index (χ0n) is 10.9. The van der Waals surface area contributed by atoms with Crippen molar-refractivity contribution in [1.29, 1.82) is 0 Å². The fraction of sp³-hybridized carbons (Fsp3) is 0.538. The molecular formula is C13H19ClN2O2S. The molecule has 1 aromatic rings. The fourth-order valence-corrected chi connectivity index (χ4v) is 4.04. The lowest BCUT2D eigenvalue weighted by molar-refractivity contribution is 0.243. The fourth-order valence-electron chi connectivity index (χ4n) is 2.38. The van der Waals surface area contributed by atoms with Crippen molar-refractivity contribution in [1.82, 2.24) is 4.31 Å². The van der Waals surface area contributed by atoms with E-state index in [-0.39, 0.29) is 12.0 Å². The number of hydrogen-bond donors (Lipinski definition) is 1. The van der Waals surface area contributed by atoms with Crippen molar-refractivity contribution in [2.75, 3.05) is 13.1 Å². The van der Waals surface area contributed by atoms with Gasteiger partial charge in [-0.3, -0.25) is 0 Å². The van der Waals surface area contributed by atoms with Crippen LogP contribution in [-0.2, 0) is 10.0 Å². The van der Waals surface area contributed by atoms with Crippen LogP contribution in [0, 0.1) is 5.92 Å². The summed E-state index contributed by atoms with van der Waals surface area (Å²) in [5.74, 6) is 0.232. The third-order valence-corrected chi connectivity index (χ3v) is 5.75. The molecule has 0 bridgehead atoms. The van der Waals surface area contributed by atoms with Crippen LogP contribution < -0.4 is 5.73 Å². The highest BCUT2D eigenvalue weighted by atomic mass is 35.5. The van der Waals surface area contributed by atoms with Crippen LogP contribution >= 0.6 is 11.6 Å². The van der Waals surface area contributed by atoms with Crippen molar-refractivity contribution >= 4 is 21.6 Å². The van der Waals surface area contributed by atoms with Crippen molar-refractivity contribution in [2.45, 2.75) is 30.7 Å². The summed E-state index contributed by atoms with van der Waals surface area (Å²) in [6, 6.07) is 6.31. The van der Waals surface area contributed by atoms with E-state index in [2.05, 4.69) is 0 Å². The Morgan fingerprint density at radius 1 is 1.37 bits per heavy atom. The van der Waals surface area contributed by atoms with E-state index in [1.165, 1.54) is 4.31 Å². The van der Waals surface area contributed by atoms with Gasteiger partial charge in [-0.05, 0) is 49.9 Å². The number of benzene rings is 1. The van der Waals surface area contributed by atoms with Gasteiger partial charge < -0.3 is 5.73 Å². The summed E-state index contributed by atoms with van der Waals surface area (Å²) in [6.07, 6.45) is 1.85. The third-order valence-electron chi connectivity index (χ3n) is 3.62. The van der Waals surface area contributed by atoms with Gasteiger partial charge in [0, 0.05) is 24.2 Å².